The Bertz CT molecular complexity index is 124. The first kappa shape index (κ1) is 12.5. The minimum atomic E-state index is 0.342. The van der Waals surface area contributed by atoms with Crippen LogP contribution in [0.4, 0.5) is 0 Å². The molecule has 0 bridgehead atoms. The third-order valence-electron chi connectivity index (χ3n) is 2.21. The van der Waals surface area contributed by atoms with Gasteiger partial charge in [0.05, 0.1) is 0 Å². The lowest BCUT2D eigenvalue weighted by molar-refractivity contribution is 0.282. The average Bonchev–Trinajstić information content (AvgIpc) is 2.16. The second-order valence-corrected chi connectivity index (χ2v) is 3.48. The van der Waals surface area contributed by atoms with E-state index in [2.05, 4.69) is 5.92 Å². The summed E-state index contributed by atoms with van der Waals surface area (Å²) in [5.41, 5.74) is 0. The lowest BCUT2D eigenvalue weighted by Gasteiger charge is -1.99. The van der Waals surface area contributed by atoms with Crippen molar-refractivity contribution in [2.24, 2.45) is 0 Å². The Kier molecular flexibility index (Phi) is 11.1. The molecule has 0 aliphatic heterocycles. The van der Waals surface area contributed by atoms with Crippen molar-refractivity contribution in [1.29, 1.82) is 0 Å². The highest BCUT2D eigenvalue weighted by molar-refractivity contribution is 4.74. The van der Waals surface area contributed by atoms with Gasteiger partial charge in [0.25, 0.3) is 0 Å². The number of unbranched alkanes of at least 4 members (excludes halogenated alkanes) is 8. The molecule has 1 N–H and O–H groups in total. The SMILES string of the molecule is [C]#CCCCCCCCCCCO. The first-order valence-electron chi connectivity index (χ1n) is 5.42. The van der Waals surface area contributed by atoms with Crippen molar-refractivity contribution in [3.05, 3.63) is 6.42 Å². The molecule has 13 heavy (non-hydrogen) atoms. The van der Waals surface area contributed by atoms with Crippen LogP contribution >= 0.6 is 0 Å². The normalized spacial score (nSPS) is 9.85. The van der Waals surface area contributed by atoms with Gasteiger partial charge in [-0.1, -0.05) is 44.4 Å². The standard InChI is InChI=1S/C12H21O/c1-2-3-4-5-6-7-8-9-10-11-12-13/h13H,3-12H2. The Morgan fingerprint density at radius 2 is 1.23 bits per heavy atom. The minimum Gasteiger partial charge on any atom is -0.396 e. The van der Waals surface area contributed by atoms with Crippen molar-refractivity contribution in [2.75, 3.05) is 6.61 Å². The van der Waals surface area contributed by atoms with E-state index in [0.29, 0.717) is 6.61 Å². The van der Waals surface area contributed by atoms with Gasteiger partial charge in [-0.3, -0.25) is 0 Å². The molecule has 1 heteroatoms. The predicted molar refractivity (Wildman–Crippen MR) is 55.8 cm³/mol. The van der Waals surface area contributed by atoms with Crippen molar-refractivity contribution >= 4 is 0 Å². The number of rotatable bonds is 9. The summed E-state index contributed by atoms with van der Waals surface area (Å²) in [6.45, 7) is 0.342. The quantitative estimate of drug-likeness (QED) is 0.428. The average molecular weight is 181 g/mol. The monoisotopic (exact) mass is 181 g/mol. The second kappa shape index (κ2) is 11.5. The largest absolute Gasteiger partial charge is 0.396 e. The van der Waals surface area contributed by atoms with E-state index in [1.165, 1.54) is 38.5 Å². The molecule has 0 aliphatic carbocycles. The van der Waals surface area contributed by atoms with Crippen molar-refractivity contribution in [3.8, 4) is 5.92 Å². The Morgan fingerprint density at radius 1 is 0.769 bits per heavy atom. The zero-order chi connectivity index (χ0) is 9.78. The molecule has 0 aromatic heterocycles. The summed E-state index contributed by atoms with van der Waals surface area (Å²) in [6.07, 6.45) is 17.2. The van der Waals surface area contributed by atoms with E-state index in [9.17, 15) is 0 Å². The summed E-state index contributed by atoms with van der Waals surface area (Å²) in [4.78, 5) is 0. The second-order valence-electron chi connectivity index (χ2n) is 3.48. The van der Waals surface area contributed by atoms with E-state index in [1.807, 2.05) is 0 Å². The fourth-order valence-electron chi connectivity index (χ4n) is 1.39. The molecule has 1 radical (unpaired) electrons. The maximum Gasteiger partial charge on any atom is 0.0431 e. The Labute approximate surface area is 82.5 Å². The lowest BCUT2D eigenvalue weighted by Crippen LogP contribution is -1.84. The van der Waals surface area contributed by atoms with Gasteiger partial charge < -0.3 is 5.11 Å². The topological polar surface area (TPSA) is 20.2 Å². The van der Waals surface area contributed by atoms with Crippen LogP contribution in [0.3, 0.4) is 0 Å². The Balaban J connectivity index is 2.80. The van der Waals surface area contributed by atoms with Crippen molar-refractivity contribution < 1.29 is 5.11 Å². The molecular formula is C12H21O. The van der Waals surface area contributed by atoms with E-state index >= 15 is 0 Å². The Morgan fingerprint density at radius 3 is 1.69 bits per heavy atom. The zero-order valence-corrected chi connectivity index (χ0v) is 8.52. The summed E-state index contributed by atoms with van der Waals surface area (Å²) >= 11 is 0. The first-order valence-corrected chi connectivity index (χ1v) is 5.42. The van der Waals surface area contributed by atoms with E-state index < -0.39 is 0 Å². The van der Waals surface area contributed by atoms with Crippen LogP contribution in [-0.2, 0) is 0 Å². The summed E-state index contributed by atoms with van der Waals surface area (Å²) in [6, 6.07) is 0. The number of aliphatic hydroxyl groups excluding tert-OH is 1. The maximum atomic E-state index is 8.54. The van der Waals surface area contributed by atoms with Crippen LogP contribution in [0, 0.1) is 12.3 Å². The molecule has 75 valence electrons. The summed E-state index contributed by atoms with van der Waals surface area (Å²) in [5.74, 6) is 2.41. The molecular weight excluding hydrogens is 160 g/mol. The van der Waals surface area contributed by atoms with E-state index in [-0.39, 0.29) is 0 Å². The summed E-state index contributed by atoms with van der Waals surface area (Å²) in [5, 5.41) is 8.54. The van der Waals surface area contributed by atoms with Gasteiger partial charge in [-0.2, -0.15) is 0 Å². The molecule has 1 nitrogen and oxygen atoms in total. The van der Waals surface area contributed by atoms with Gasteiger partial charge in [0.2, 0.25) is 0 Å². The van der Waals surface area contributed by atoms with Crippen LogP contribution < -0.4 is 0 Å². The molecule has 0 aliphatic rings. The lowest BCUT2D eigenvalue weighted by atomic mass is 10.1. The fourth-order valence-corrected chi connectivity index (χ4v) is 1.39. The van der Waals surface area contributed by atoms with Gasteiger partial charge in [-0.05, 0) is 19.3 Å². The molecule has 0 fully saturated rings. The molecule has 0 amide bonds. The molecule has 0 aromatic carbocycles. The molecule has 0 saturated carbocycles. The number of hydrogen-bond donors (Lipinski definition) is 1. The van der Waals surface area contributed by atoms with Gasteiger partial charge in [0.1, 0.15) is 0 Å². The summed E-state index contributed by atoms with van der Waals surface area (Å²) in [7, 11) is 0. The van der Waals surface area contributed by atoms with Gasteiger partial charge in [0, 0.05) is 13.0 Å². The molecule has 0 aromatic rings. The van der Waals surface area contributed by atoms with Gasteiger partial charge in [-0.25, -0.2) is 0 Å². The number of hydrogen-bond acceptors (Lipinski definition) is 1. The van der Waals surface area contributed by atoms with Gasteiger partial charge in [-0.15, -0.1) is 0 Å². The molecule has 0 saturated heterocycles. The highest BCUT2D eigenvalue weighted by atomic mass is 16.2. The molecule has 0 heterocycles. The minimum absolute atomic E-state index is 0.342. The van der Waals surface area contributed by atoms with Crippen molar-refractivity contribution in [2.45, 2.75) is 57.8 Å². The van der Waals surface area contributed by atoms with E-state index in [4.69, 9.17) is 11.5 Å². The third kappa shape index (κ3) is 11.5. The maximum absolute atomic E-state index is 8.54. The van der Waals surface area contributed by atoms with Crippen molar-refractivity contribution in [1.82, 2.24) is 0 Å². The summed E-state index contributed by atoms with van der Waals surface area (Å²) < 4.78 is 0. The highest BCUT2D eigenvalue weighted by Crippen LogP contribution is 2.08. The Hall–Kier alpha value is -0.480. The molecule has 0 unspecified atom stereocenters. The van der Waals surface area contributed by atoms with Gasteiger partial charge >= 0.3 is 0 Å². The molecule has 0 spiro atoms. The van der Waals surface area contributed by atoms with Crippen LogP contribution in [0.5, 0.6) is 0 Å². The first-order chi connectivity index (χ1) is 6.41. The molecule has 0 rings (SSSR count). The van der Waals surface area contributed by atoms with Crippen LogP contribution in [0.15, 0.2) is 0 Å². The number of aliphatic hydroxyl groups is 1. The van der Waals surface area contributed by atoms with Crippen LogP contribution in [0.2, 0.25) is 0 Å². The van der Waals surface area contributed by atoms with Crippen molar-refractivity contribution in [3.63, 3.8) is 0 Å². The molecule has 0 atom stereocenters. The third-order valence-corrected chi connectivity index (χ3v) is 2.21. The fraction of sp³-hybridized carbons (Fsp3) is 0.833. The predicted octanol–water partition coefficient (Wildman–Crippen LogP) is 3.08. The van der Waals surface area contributed by atoms with E-state index in [0.717, 1.165) is 19.3 Å². The highest BCUT2D eigenvalue weighted by Gasteiger charge is 1.90. The van der Waals surface area contributed by atoms with Gasteiger partial charge in [0.15, 0.2) is 0 Å². The van der Waals surface area contributed by atoms with Crippen LogP contribution in [-0.4, -0.2) is 11.7 Å². The zero-order valence-electron chi connectivity index (χ0n) is 8.52. The smallest absolute Gasteiger partial charge is 0.0431 e. The van der Waals surface area contributed by atoms with E-state index in [1.54, 1.807) is 0 Å². The van der Waals surface area contributed by atoms with Crippen LogP contribution in [0.1, 0.15) is 57.8 Å². The van der Waals surface area contributed by atoms with Crippen LogP contribution in [0.25, 0.3) is 0 Å².